The number of carbonyl (C=O) groups excluding carboxylic acids is 2. The third-order valence-corrected chi connectivity index (χ3v) is 9.80. The van der Waals surface area contributed by atoms with Crippen LogP contribution in [0.25, 0.3) is 0 Å². The summed E-state index contributed by atoms with van der Waals surface area (Å²) >= 11 is 12.5. The molecule has 248 valence electrons. The van der Waals surface area contributed by atoms with E-state index >= 15 is 0 Å². The Labute approximate surface area is 285 Å². The van der Waals surface area contributed by atoms with Gasteiger partial charge in [0.05, 0.1) is 27.2 Å². The van der Waals surface area contributed by atoms with E-state index in [1.165, 1.54) is 41.3 Å². The summed E-state index contributed by atoms with van der Waals surface area (Å²) in [4.78, 5) is 29.4. The third-order valence-electron chi connectivity index (χ3n) is 7.27. The zero-order chi connectivity index (χ0) is 34.0. The molecule has 0 bridgehead atoms. The third kappa shape index (κ3) is 9.47. The Morgan fingerprint density at radius 2 is 1.55 bits per heavy atom. The summed E-state index contributed by atoms with van der Waals surface area (Å²) in [7, 11) is -4.36. The van der Waals surface area contributed by atoms with Gasteiger partial charge in [0, 0.05) is 19.5 Å². The van der Waals surface area contributed by atoms with Gasteiger partial charge in [-0.2, -0.15) is 0 Å². The lowest BCUT2D eigenvalue weighted by molar-refractivity contribution is -0.140. The van der Waals surface area contributed by atoms with E-state index in [0.29, 0.717) is 35.9 Å². The van der Waals surface area contributed by atoms with Gasteiger partial charge in [0.25, 0.3) is 10.0 Å². The molecule has 0 spiro atoms. The summed E-state index contributed by atoms with van der Waals surface area (Å²) in [5, 5.41) is 3.47. The highest BCUT2D eigenvalue weighted by atomic mass is 35.5. The molecule has 2 amide bonds. The molecule has 1 atom stereocenters. The van der Waals surface area contributed by atoms with Crippen LogP contribution in [0.15, 0.2) is 102 Å². The molecule has 47 heavy (non-hydrogen) atoms. The first-order valence-electron chi connectivity index (χ1n) is 15.1. The van der Waals surface area contributed by atoms with Gasteiger partial charge in [-0.05, 0) is 85.1 Å². The number of hydrogen-bond donors (Lipinski definition) is 1. The lowest BCUT2D eigenvalue weighted by atomic mass is 10.0. The molecule has 0 aromatic heterocycles. The molecular weight excluding hydrogens is 664 g/mol. The number of benzene rings is 4. The van der Waals surface area contributed by atoms with Crippen LogP contribution in [0, 0.1) is 5.82 Å². The Balaban J connectivity index is 1.79. The van der Waals surface area contributed by atoms with Gasteiger partial charge in [0.1, 0.15) is 24.2 Å². The van der Waals surface area contributed by atoms with Crippen molar-refractivity contribution in [2.45, 2.75) is 44.2 Å². The molecule has 4 aromatic rings. The number of halogens is 3. The first-order valence-corrected chi connectivity index (χ1v) is 17.3. The highest BCUT2D eigenvalue weighted by molar-refractivity contribution is 7.92. The number of nitrogens with one attached hydrogen (secondary N) is 1. The highest BCUT2D eigenvalue weighted by Crippen LogP contribution is 2.28. The summed E-state index contributed by atoms with van der Waals surface area (Å²) in [5.74, 6) is -1.16. The number of ether oxygens (including phenoxy) is 1. The fourth-order valence-electron chi connectivity index (χ4n) is 4.89. The van der Waals surface area contributed by atoms with Gasteiger partial charge in [-0.15, -0.1) is 0 Å². The quantitative estimate of drug-likeness (QED) is 0.146. The number of nitrogens with zero attached hydrogens (tertiary/aromatic N) is 2. The van der Waals surface area contributed by atoms with E-state index in [0.717, 1.165) is 22.0 Å². The normalized spacial score (nSPS) is 11.9. The number of hydrogen-bond acceptors (Lipinski definition) is 5. The molecular formula is C35H36Cl2FN3O5S. The van der Waals surface area contributed by atoms with Gasteiger partial charge < -0.3 is 15.0 Å². The van der Waals surface area contributed by atoms with Crippen LogP contribution in [0.2, 0.25) is 10.0 Å². The Morgan fingerprint density at radius 3 is 2.17 bits per heavy atom. The van der Waals surface area contributed by atoms with Crippen LogP contribution >= 0.6 is 23.2 Å². The van der Waals surface area contributed by atoms with E-state index in [1.54, 1.807) is 18.2 Å². The second-order valence-corrected chi connectivity index (χ2v) is 13.3. The molecule has 0 saturated heterocycles. The molecule has 0 aliphatic carbocycles. The molecule has 8 nitrogen and oxygen atoms in total. The van der Waals surface area contributed by atoms with E-state index in [9.17, 15) is 22.4 Å². The Hall–Kier alpha value is -4.12. The van der Waals surface area contributed by atoms with Gasteiger partial charge in [0.15, 0.2) is 0 Å². The number of sulfonamides is 1. The van der Waals surface area contributed by atoms with E-state index in [1.807, 2.05) is 44.2 Å². The molecule has 4 rings (SSSR count). The van der Waals surface area contributed by atoms with Crippen molar-refractivity contribution in [2.24, 2.45) is 0 Å². The lowest BCUT2D eigenvalue weighted by Crippen LogP contribution is -2.53. The van der Waals surface area contributed by atoms with Crippen molar-refractivity contribution in [3.8, 4) is 5.75 Å². The number of anilines is 1. The molecule has 0 radical (unpaired) electrons. The Bertz CT molecular complexity index is 1760. The van der Waals surface area contributed by atoms with Crippen LogP contribution in [0.3, 0.4) is 0 Å². The fourth-order valence-corrected chi connectivity index (χ4v) is 6.63. The van der Waals surface area contributed by atoms with Crippen molar-refractivity contribution < 1.29 is 27.1 Å². The number of carbonyl (C=O) groups is 2. The van der Waals surface area contributed by atoms with Crippen molar-refractivity contribution in [3.63, 3.8) is 0 Å². The van der Waals surface area contributed by atoms with Crippen LogP contribution in [0.4, 0.5) is 10.1 Å². The fraction of sp³-hybridized carbons (Fsp3) is 0.257. The zero-order valence-corrected chi connectivity index (χ0v) is 28.4. The molecule has 4 aromatic carbocycles. The van der Waals surface area contributed by atoms with Crippen molar-refractivity contribution in [2.75, 3.05) is 24.0 Å². The van der Waals surface area contributed by atoms with Crippen molar-refractivity contribution in [1.82, 2.24) is 10.2 Å². The Morgan fingerprint density at radius 1 is 0.872 bits per heavy atom. The van der Waals surface area contributed by atoms with Crippen molar-refractivity contribution >= 4 is 50.7 Å². The maximum Gasteiger partial charge on any atom is 0.264 e. The maximum absolute atomic E-state index is 14.5. The Kier molecular flexibility index (Phi) is 12.6. The van der Waals surface area contributed by atoms with Gasteiger partial charge in [0.2, 0.25) is 11.8 Å². The van der Waals surface area contributed by atoms with Crippen LogP contribution in [0.1, 0.15) is 31.4 Å². The van der Waals surface area contributed by atoms with E-state index in [4.69, 9.17) is 27.9 Å². The van der Waals surface area contributed by atoms with Crippen molar-refractivity contribution in [1.29, 1.82) is 0 Å². The second-order valence-electron chi connectivity index (χ2n) is 10.7. The zero-order valence-electron chi connectivity index (χ0n) is 26.0. The number of amides is 2. The smallest absolute Gasteiger partial charge is 0.264 e. The molecule has 0 unspecified atom stereocenters. The summed E-state index contributed by atoms with van der Waals surface area (Å²) in [6, 6.07) is 23.7. The minimum Gasteiger partial charge on any atom is -0.494 e. The SMILES string of the molecule is CCCNC(=O)[C@H](Cc1ccccc1)N(Cc1ccc(Cl)c(Cl)c1)C(=O)CN(c1ccc(F)cc1)S(=O)(=O)c1ccc(OCC)cc1. The van der Waals surface area contributed by atoms with Crippen LogP contribution in [-0.2, 0) is 32.6 Å². The monoisotopic (exact) mass is 699 g/mol. The number of rotatable bonds is 15. The molecule has 12 heteroatoms. The van der Waals surface area contributed by atoms with Gasteiger partial charge >= 0.3 is 0 Å². The summed E-state index contributed by atoms with van der Waals surface area (Å²) in [5.41, 5.74) is 1.45. The molecule has 0 aliphatic heterocycles. The predicted molar refractivity (Wildman–Crippen MR) is 183 cm³/mol. The molecule has 0 fully saturated rings. The standard InChI is InChI=1S/C35H36Cl2FN3O5S/c1-3-20-39-35(43)33(22-25-8-6-5-7-9-25)40(23-26-10-19-31(36)32(37)21-26)34(42)24-41(28-13-11-27(38)12-14-28)47(44,45)30-17-15-29(16-18-30)46-4-2/h5-19,21,33H,3-4,20,22-24H2,1-2H3,(H,39,43)/t33-/m0/s1. The average molecular weight is 701 g/mol. The largest absolute Gasteiger partial charge is 0.494 e. The summed E-state index contributed by atoms with van der Waals surface area (Å²) in [6.07, 6.45) is 0.828. The summed E-state index contributed by atoms with van der Waals surface area (Å²) in [6.45, 7) is 3.74. The average Bonchev–Trinajstić information content (AvgIpc) is 3.07. The topological polar surface area (TPSA) is 96.0 Å². The summed E-state index contributed by atoms with van der Waals surface area (Å²) < 4.78 is 48.6. The van der Waals surface area contributed by atoms with Crippen LogP contribution in [0.5, 0.6) is 5.75 Å². The molecule has 0 saturated carbocycles. The first kappa shape index (κ1) is 35.7. The van der Waals surface area contributed by atoms with E-state index in [2.05, 4.69) is 5.32 Å². The van der Waals surface area contributed by atoms with Gasteiger partial charge in [-0.1, -0.05) is 66.5 Å². The maximum atomic E-state index is 14.5. The van der Waals surface area contributed by atoms with Crippen molar-refractivity contribution in [3.05, 3.63) is 124 Å². The minimum absolute atomic E-state index is 0.0677. The van der Waals surface area contributed by atoms with Crippen LogP contribution in [-0.4, -0.2) is 50.9 Å². The van der Waals surface area contributed by atoms with Gasteiger partial charge in [-0.25, -0.2) is 12.8 Å². The van der Waals surface area contributed by atoms with E-state index in [-0.39, 0.29) is 28.6 Å². The van der Waals surface area contributed by atoms with Gasteiger partial charge in [-0.3, -0.25) is 13.9 Å². The highest BCUT2D eigenvalue weighted by Gasteiger charge is 2.34. The molecule has 0 aliphatic rings. The van der Waals surface area contributed by atoms with Crippen LogP contribution < -0.4 is 14.4 Å². The predicted octanol–water partition coefficient (Wildman–Crippen LogP) is 6.89. The van der Waals surface area contributed by atoms with E-state index < -0.39 is 40.2 Å². The molecule has 0 heterocycles. The minimum atomic E-state index is -4.36. The second kappa shape index (κ2) is 16.6. The molecule has 1 N–H and O–H groups in total. The lowest BCUT2D eigenvalue weighted by Gasteiger charge is -2.34. The first-order chi connectivity index (χ1) is 22.5.